The summed E-state index contributed by atoms with van der Waals surface area (Å²) in [6.45, 7) is 12.8. The van der Waals surface area contributed by atoms with Crippen molar-refractivity contribution in [2.24, 2.45) is 16.7 Å². The Bertz CT molecular complexity index is 436. The first-order valence-corrected chi connectivity index (χ1v) is 15.0. The van der Waals surface area contributed by atoms with Gasteiger partial charge in [0, 0.05) is 0 Å². The zero-order valence-corrected chi connectivity index (χ0v) is 22.5. The maximum absolute atomic E-state index is 3.80. The quantitative estimate of drug-likeness (QED) is 0.419. The SMILES string of the molecule is CC1(C)CCCNCCCCCCCCCCNCCC[C@]1(C)C1CCCCCCCC1. The third kappa shape index (κ3) is 10.5. The van der Waals surface area contributed by atoms with E-state index in [1.807, 2.05) is 0 Å². The predicted molar refractivity (Wildman–Crippen MR) is 143 cm³/mol. The van der Waals surface area contributed by atoms with Crippen molar-refractivity contribution in [3.8, 4) is 0 Å². The van der Waals surface area contributed by atoms with Crippen LogP contribution in [0.1, 0.15) is 149 Å². The molecule has 1 saturated carbocycles. The summed E-state index contributed by atoms with van der Waals surface area (Å²) in [5.74, 6) is 0.918. The molecule has 1 heterocycles. The lowest BCUT2D eigenvalue weighted by molar-refractivity contribution is -0.00894. The average Bonchev–Trinajstić information content (AvgIpc) is 2.91. The van der Waals surface area contributed by atoms with Crippen LogP contribution in [0.25, 0.3) is 0 Å². The Morgan fingerprint density at radius 1 is 0.438 bits per heavy atom. The molecule has 1 aliphatic heterocycles. The first-order valence-electron chi connectivity index (χ1n) is 15.0. The van der Waals surface area contributed by atoms with E-state index in [0.717, 1.165) is 5.92 Å². The predicted octanol–water partition coefficient (Wildman–Crippen LogP) is 8.64. The largest absolute Gasteiger partial charge is 0.317 e. The minimum absolute atomic E-state index is 0.425. The number of hydrogen-bond acceptors (Lipinski definition) is 2. The molecule has 190 valence electrons. The van der Waals surface area contributed by atoms with Gasteiger partial charge in [-0.3, -0.25) is 0 Å². The van der Waals surface area contributed by atoms with Gasteiger partial charge in [0.1, 0.15) is 0 Å². The third-order valence-corrected chi connectivity index (χ3v) is 9.46. The second kappa shape index (κ2) is 16.5. The highest BCUT2D eigenvalue weighted by atomic mass is 14.8. The zero-order valence-electron chi connectivity index (χ0n) is 22.5. The molecule has 0 aromatic heterocycles. The summed E-state index contributed by atoms with van der Waals surface area (Å²) >= 11 is 0. The summed E-state index contributed by atoms with van der Waals surface area (Å²) in [6.07, 6.45) is 28.6. The highest BCUT2D eigenvalue weighted by Crippen LogP contribution is 2.54. The Morgan fingerprint density at radius 3 is 1.31 bits per heavy atom. The summed E-state index contributed by atoms with van der Waals surface area (Å²) in [6, 6.07) is 0. The Hall–Kier alpha value is -0.0800. The molecule has 0 unspecified atom stereocenters. The molecule has 0 bridgehead atoms. The van der Waals surface area contributed by atoms with Crippen molar-refractivity contribution >= 4 is 0 Å². The maximum atomic E-state index is 3.80. The van der Waals surface area contributed by atoms with Crippen LogP contribution in [0.3, 0.4) is 0 Å². The van der Waals surface area contributed by atoms with Gasteiger partial charge in [0.15, 0.2) is 0 Å². The molecule has 0 aromatic carbocycles. The van der Waals surface area contributed by atoms with Crippen molar-refractivity contribution in [3.63, 3.8) is 0 Å². The molecule has 0 spiro atoms. The highest BCUT2D eigenvalue weighted by Gasteiger charge is 2.45. The van der Waals surface area contributed by atoms with Gasteiger partial charge >= 0.3 is 0 Å². The molecule has 0 radical (unpaired) electrons. The number of hydrogen-bond donors (Lipinski definition) is 2. The van der Waals surface area contributed by atoms with Crippen molar-refractivity contribution in [1.82, 2.24) is 10.6 Å². The zero-order chi connectivity index (χ0) is 23.0. The van der Waals surface area contributed by atoms with E-state index in [0.29, 0.717) is 10.8 Å². The van der Waals surface area contributed by atoms with Crippen LogP contribution in [0.5, 0.6) is 0 Å². The monoisotopic (exact) mass is 448 g/mol. The third-order valence-electron chi connectivity index (χ3n) is 9.46. The maximum Gasteiger partial charge on any atom is -0.00487 e. The molecule has 2 heteroatoms. The molecular weight excluding hydrogens is 388 g/mol. The number of rotatable bonds is 1. The van der Waals surface area contributed by atoms with Crippen molar-refractivity contribution in [3.05, 3.63) is 0 Å². The van der Waals surface area contributed by atoms with Crippen LogP contribution in [0.2, 0.25) is 0 Å². The van der Waals surface area contributed by atoms with Crippen LogP contribution >= 0.6 is 0 Å². The van der Waals surface area contributed by atoms with Gasteiger partial charge in [-0.05, 0) is 94.3 Å². The first kappa shape index (κ1) is 28.2. The van der Waals surface area contributed by atoms with Crippen LogP contribution < -0.4 is 10.6 Å². The fraction of sp³-hybridized carbons (Fsp3) is 1.00. The van der Waals surface area contributed by atoms with Gasteiger partial charge in [-0.15, -0.1) is 0 Å². The Balaban J connectivity index is 1.99. The van der Waals surface area contributed by atoms with E-state index in [1.165, 1.54) is 155 Å². The van der Waals surface area contributed by atoms with E-state index >= 15 is 0 Å². The van der Waals surface area contributed by atoms with E-state index in [1.54, 1.807) is 0 Å². The normalized spacial score (nSPS) is 30.5. The summed E-state index contributed by atoms with van der Waals surface area (Å²) < 4.78 is 0. The lowest BCUT2D eigenvalue weighted by Crippen LogP contribution is -2.43. The molecule has 1 atom stereocenters. The molecule has 2 aliphatic rings. The van der Waals surface area contributed by atoms with Gasteiger partial charge in [0.05, 0.1) is 0 Å². The fourth-order valence-electron chi connectivity index (χ4n) is 6.70. The fourth-order valence-corrected chi connectivity index (χ4v) is 6.70. The van der Waals surface area contributed by atoms with Crippen molar-refractivity contribution in [2.45, 2.75) is 149 Å². The first-order chi connectivity index (χ1) is 15.6. The molecule has 2 N–H and O–H groups in total. The molecule has 0 aromatic rings. The number of nitrogens with one attached hydrogen (secondary N) is 2. The highest BCUT2D eigenvalue weighted by molar-refractivity contribution is 4.95. The van der Waals surface area contributed by atoms with Crippen LogP contribution in [0.15, 0.2) is 0 Å². The topological polar surface area (TPSA) is 24.1 Å². The molecule has 0 amide bonds. The second-order valence-electron chi connectivity index (χ2n) is 12.2. The smallest absolute Gasteiger partial charge is 0.00487 e. The lowest BCUT2D eigenvalue weighted by atomic mass is 9.54. The summed E-state index contributed by atoms with van der Waals surface area (Å²) in [5.41, 5.74) is 0.897. The van der Waals surface area contributed by atoms with Crippen molar-refractivity contribution in [1.29, 1.82) is 0 Å². The minimum Gasteiger partial charge on any atom is -0.317 e. The van der Waals surface area contributed by atoms with Gasteiger partial charge in [-0.25, -0.2) is 0 Å². The van der Waals surface area contributed by atoms with E-state index in [2.05, 4.69) is 31.4 Å². The Labute approximate surface area is 202 Å². The molecule has 2 fully saturated rings. The lowest BCUT2D eigenvalue weighted by Gasteiger charge is -2.51. The van der Waals surface area contributed by atoms with Gasteiger partial charge in [0.2, 0.25) is 0 Å². The molecule has 1 aliphatic carbocycles. The van der Waals surface area contributed by atoms with Gasteiger partial charge < -0.3 is 10.6 Å². The standard InChI is InChI=1S/C30H60N2/c1-29(2)22-18-26-31-24-16-12-8-4-5-9-13-17-25-32-27-19-23-30(29,3)28-20-14-10-6-7-11-15-21-28/h28,31-32H,4-27H2,1-3H3/t30-/m1/s1. The minimum atomic E-state index is 0.425. The molecule has 2 rings (SSSR count). The summed E-state index contributed by atoms with van der Waals surface area (Å²) in [5, 5.41) is 7.57. The van der Waals surface area contributed by atoms with E-state index in [-0.39, 0.29) is 0 Å². The van der Waals surface area contributed by atoms with Gasteiger partial charge in [-0.2, -0.15) is 0 Å². The van der Waals surface area contributed by atoms with Crippen LogP contribution in [0.4, 0.5) is 0 Å². The Kier molecular flexibility index (Phi) is 14.5. The van der Waals surface area contributed by atoms with Crippen LogP contribution in [-0.4, -0.2) is 26.2 Å². The molecular formula is C30H60N2. The molecule has 32 heavy (non-hydrogen) atoms. The Morgan fingerprint density at radius 2 is 0.812 bits per heavy atom. The van der Waals surface area contributed by atoms with E-state index < -0.39 is 0 Å². The van der Waals surface area contributed by atoms with Crippen LogP contribution in [-0.2, 0) is 0 Å². The van der Waals surface area contributed by atoms with E-state index in [9.17, 15) is 0 Å². The summed E-state index contributed by atoms with van der Waals surface area (Å²) in [4.78, 5) is 0. The van der Waals surface area contributed by atoms with Crippen molar-refractivity contribution in [2.75, 3.05) is 26.2 Å². The van der Waals surface area contributed by atoms with E-state index in [4.69, 9.17) is 0 Å². The summed E-state index contributed by atoms with van der Waals surface area (Å²) in [7, 11) is 0. The molecule has 1 saturated heterocycles. The second-order valence-corrected chi connectivity index (χ2v) is 12.2. The molecule has 2 nitrogen and oxygen atoms in total. The van der Waals surface area contributed by atoms with Crippen LogP contribution in [0, 0.1) is 16.7 Å². The van der Waals surface area contributed by atoms with Crippen molar-refractivity contribution < 1.29 is 0 Å². The van der Waals surface area contributed by atoms with Gasteiger partial charge in [-0.1, -0.05) is 97.8 Å². The average molecular weight is 449 g/mol. The van der Waals surface area contributed by atoms with Gasteiger partial charge in [0.25, 0.3) is 0 Å².